The van der Waals surface area contributed by atoms with E-state index in [-0.39, 0.29) is 23.2 Å². The van der Waals surface area contributed by atoms with Crippen LogP contribution in [0.2, 0.25) is 5.02 Å². The third-order valence-corrected chi connectivity index (χ3v) is 8.42. The lowest BCUT2D eigenvalue weighted by atomic mass is 9.89. The summed E-state index contributed by atoms with van der Waals surface area (Å²) >= 11 is 7.62. The van der Waals surface area contributed by atoms with Gasteiger partial charge in [-0.25, -0.2) is 0 Å². The van der Waals surface area contributed by atoms with E-state index in [9.17, 15) is 9.59 Å². The minimum Gasteiger partial charge on any atom is -0.346 e. The van der Waals surface area contributed by atoms with Crippen LogP contribution in [-0.2, 0) is 24.2 Å². The SMILES string of the molecule is C[C@@H](NC(=O)c1ccc([C@H]2SCC(=O)N2Cc2ccc(Cl)cc2)cc1)c1ccc2c(c1)CCCC2. The Balaban J connectivity index is 1.25. The van der Waals surface area contributed by atoms with Crippen molar-refractivity contribution in [2.75, 3.05) is 5.75 Å². The number of nitrogens with one attached hydrogen (secondary N) is 1. The molecule has 0 unspecified atom stereocenters. The second-order valence-electron chi connectivity index (χ2n) is 9.36. The molecule has 0 saturated carbocycles. The van der Waals surface area contributed by atoms with Crippen LogP contribution in [0.1, 0.15) is 69.4 Å². The Labute approximate surface area is 216 Å². The second-order valence-corrected chi connectivity index (χ2v) is 10.9. The van der Waals surface area contributed by atoms with E-state index in [1.807, 2.05) is 60.4 Å². The summed E-state index contributed by atoms with van der Waals surface area (Å²) in [7, 11) is 0. The molecule has 1 aliphatic carbocycles. The maximum atomic E-state index is 12.9. The molecule has 1 saturated heterocycles. The zero-order valence-corrected chi connectivity index (χ0v) is 21.4. The maximum absolute atomic E-state index is 12.9. The highest BCUT2D eigenvalue weighted by Gasteiger charge is 2.32. The number of benzene rings is 3. The first-order chi connectivity index (χ1) is 17.0. The van der Waals surface area contributed by atoms with E-state index in [2.05, 4.69) is 23.5 Å². The normalized spacial score (nSPS) is 18.3. The topological polar surface area (TPSA) is 49.4 Å². The molecule has 5 rings (SSSR count). The molecule has 0 aromatic heterocycles. The van der Waals surface area contributed by atoms with Gasteiger partial charge in [-0.1, -0.05) is 54.1 Å². The van der Waals surface area contributed by atoms with Gasteiger partial charge in [0.1, 0.15) is 5.37 Å². The van der Waals surface area contributed by atoms with Gasteiger partial charge < -0.3 is 10.2 Å². The minimum absolute atomic E-state index is 0.0627. The van der Waals surface area contributed by atoms with Gasteiger partial charge in [0.2, 0.25) is 5.91 Å². The number of fused-ring (bicyclic) bond motifs is 1. The van der Waals surface area contributed by atoms with E-state index >= 15 is 0 Å². The van der Waals surface area contributed by atoms with Crippen LogP contribution in [0.25, 0.3) is 0 Å². The number of carbonyl (C=O) groups excluding carboxylic acids is 2. The molecule has 3 aromatic carbocycles. The van der Waals surface area contributed by atoms with Crippen molar-refractivity contribution in [3.8, 4) is 0 Å². The predicted octanol–water partition coefficient (Wildman–Crippen LogP) is 6.48. The Hall–Kier alpha value is -2.76. The van der Waals surface area contributed by atoms with Crippen molar-refractivity contribution in [2.24, 2.45) is 0 Å². The summed E-state index contributed by atoms with van der Waals surface area (Å²) in [5.74, 6) is 0.490. The Bertz CT molecular complexity index is 1230. The van der Waals surface area contributed by atoms with Crippen LogP contribution in [0, 0.1) is 0 Å². The predicted molar refractivity (Wildman–Crippen MR) is 143 cm³/mol. The van der Waals surface area contributed by atoms with Gasteiger partial charge in [-0.2, -0.15) is 0 Å². The third-order valence-electron chi connectivity index (χ3n) is 6.91. The molecule has 2 aliphatic rings. The lowest BCUT2D eigenvalue weighted by Crippen LogP contribution is -2.28. The van der Waals surface area contributed by atoms with Crippen LogP contribution in [0.15, 0.2) is 66.7 Å². The number of aryl methyl sites for hydroxylation is 2. The molecule has 180 valence electrons. The number of hydrogen-bond acceptors (Lipinski definition) is 3. The minimum atomic E-state index is -0.0880. The highest BCUT2D eigenvalue weighted by Crippen LogP contribution is 2.39. The molecule has 1 N–H and O–H groups in total. The largest absolute Gasteiger partial charge is 0.346 e. The highest BCUT2D eigenvalue weighted by atomic mass is 35.5. The summed E-state index contributed by atoms with van der Waals surface area (Å²) in [4.78, 5) is 27.4. The molecule has 2 atom stereocenters. The van der Waals surface area contributed by atoms with Gasteiger partial charge in [-0.3, -0.25) is 9.59 Å². The van der Waals surface area contributed by atoms with Gasteiger partial charge in [0.05, 0.1) is 11.8 Å². The van der Waals surface area contributed by atoms with Crippen molar-refractivity contribution < 1.29 is 9.59 Å². The van der Waals surface area contributed by atoms with Crippen molar-refractivity contribution in [1.82, 2.24) is 10.2 Å². The summed E-state index contributed by atoms with van der Waals surface area (Å²) < 4.78 is 0. The molecule has 4 nitrogen and oxygen atoms in total. The quantitative estimate of drug-likeness (QED) is 0.417. The Morgan fingerprint density at radius 1 is 1.03 bits per heavy atom. The van der Waals surface area contributed by atoms with Crippen molar-refractivity contribution >= 4 is 35.2 Å². The van der Waals surface area contributed by atoms with E-state index < -0.39 is 0 Å². The van der Waals surface area contributed by atoms with Crippen molar-refractivity contribution in [2.45, 2.75) is 50.6 Å². The van der Waals surface area contributed by atoms with Crippen LogP contribution in [0.3, 0.4) is 0 Å². The van der Waals surface area contributed by atoms with Crippen LogP contribution in [-0.4, -0.2) is 22.5 Å². The average Bonchev–Trinajstić information content (AvgIpc) is 3.24. The number of hydrogen-bond donors (Lipinski definition) is 1. The standard InChI is InChI=1S/C29H29ClN2O2S/c1-19(24-13-8-21-4-2-3-5-25(21)16-24)31-28(34)22-9-11-23(12-10-22)29-32(27(33)18-35-29)17-20-6-14-26(30)15-7-20/h6-16,19,29H,2-5,17-18H2,1H3,(H,31,34)/t19-,29-/m1/s1. The fourth-order valence-corrected chi connectivity index (χ4v) is 6.19. The summed E-state index contributed by atoms with van der Waals surface area (Å²) in [6.45, 7) is 2.57. The number of amides is 2. The molecule has 0 spiro atoms. The fraction of sp³-hybridized carbons (Fsp3) is 0.310. The number of rotatable bonds is 6. The number of halogens is 1. The lowest BCUT2D eigenvalue weighted by Gasteiger charge is -2.24. The average molecular weight is 505 g/mol. The summed E-state index contributed by atoms with van der Waals surface area (Å²) in [5, 5.41) is 3.76. The van der Waals surface area contributed by atoms with Gasteiger partial charge in [-0.15, -0.1) is 11.8 Å². The zero-order valence-electron chi connectivity index (χ0n) is 19.8. The molecule has 2 amide bonds. The van der Waals surface area contributed by atoms with E-state index in [0.717, 1.165) is 29.5 Å². The molecule has 3 aromatic rings. The number of thioether (sulfide) groups is 1. The molecular formula is C29H29ClN2O2S. The molecule has 35 heavy (non-hydrogen) atoms. The highest BCUT2D eigenvalue weighted by molar-refractivity contribution is 8.00. The monoisotopic (exact) mass is 504 g/mol. The van der Waals surface area contributed by atoms with E-state index in [4.69, 9.17) is 11.6 Å². The van der Waals surface area contributed by atoms with Gasteiger partial charge in [0.15, 0.2) is 0 Å². The maximum Gasteiger partial charge on any atom is 0.251 e. The van der Waals surface area contributed by atoms with Crippen LogP contribution in [0.5, 0.6) is 0 Å². The van der Waals surface area contributed by atoms with Gasteiger partial charge in [-0.05, 0) is 84.7 Å². The third kappa shape index (κ3) is 5.41. The second kappa shape index (κ2) is 10.5. The van der Waals surface area contributed by atoms with Crippen molar-refractivity contribution in [1.29, 1.82) is 0 Å². The first-order valence-electron chi connectivity index (χ1n) is 12.2. The van der Waals surface area contributed by atoms with E-state index in [1.165, 1.54) is 24.0 Å². The number of nitrogens with zero attached hydrogens (tertiary/aromatic N) is 1. The Morgan fingerprint density at radius 3 is 2.49 bits per heavy atom. The smallest absolute Gasteiger partial charge is 0.251 e. The molecule has 0 radical (unpaired) electrons. The fourth-order valence-electron chi connectivity index (χ4n) is 4.87. The first-order valence-corrected chi connectivity index (χ1v) is 13.6. The zero-order chi connectivity index (χ0) is 24.4. The molecule has 1 aliphatic heterocycles. The molecular weight excluding hydrogens is 476 g/mol. The van der Waals surface area contributed by atoms with Crippen LogP contribution in [0.4, 0.5) is 0 Å². The van der Waals surface area contributed by atoms with E-state index in [1.54, 1.807) is 11.8 Å². The van der Waals surface area contributed by atoms with Crippen LogP contribution < -0.4 is 5.32 Å². The lowest BCUT2D eigenvalue weighted by molar-refractivity contribution is -0.128. The summed E-state index contributed by atoms with van der Waals surface area (Å²) in [6.07, 6.45) is 4.79. The molecule has 6 heteroatoms. The molecule has 1 fully saturated rings. The van der Waals surface area contributed by atoms with Crippen LogP contribution >= 0.6 is 23.4 Å². The summed E-state index contributed by atoms with van der Waals surface area (Å²) in [6, 6.07) is 21.8. The van der Waals surface area contributed by atoms with Crippen molar-refractivity contribution in [3.05, 3.63) is 105 Å². The van der Waals surface area contributed by atoms with Gasteiger partial charge in [0.25, 0.3) is 5.91 Å². The Kier molecular flexibility index (Phi) is 7.17. The van der Waals surface area contributed by atoms with Crippen molar-refractivity contribution in [3.63, 3.8) is 0 Å². The van der Waals surface area contributed by atoms with Gasteiger partial charge in [0, 0.05) is 17.1 Å². The van der Waals surface area contributed by atoms with E-state index in [0.29, 0.717) is 22.9 Å². The number of carbonyl (C=O) groups is 2. The van der Waals surface area contributed by atoms with Gasteiger partial charge >= 0.3 is 0 Å². The summed E-state index contributed by atoms with van der Waals surface area (Å²) in [5.41, 5.74) is 6.71. The Morgan fingerprint density at radius 2 is 1.74 bits per heavy atom. The first kappa shape index (κ1) is 24.0. The molecule has 0 bridgehead atoms. The molecule has 1 heterocycles.